The van der Waals surface area contributed by atoms with E-state index in [2.05, 4.69) is 46.9 Å². The number of piperazine rings is 1. The van der Waals surface area contributed by atoms with Crippen molar-refractivity contribution in [3.8, 4) is 0 Å². The van der Waals surface area contributed by atoms with Crippen LogP contribution in [0.25, 0.3) is 0 Å². The lowest BCUT2D eigenvalue weighted by Gasteiger charge is -2.40. The summed E-state index contributed by atoms with van der Waals surface area (Å²) in [5, 5.41) is 0. The summed E-state index contributed by atoms with van der Waals surface area (Å²) in [6, 6.07) is 11.0. The van der Waals surface area contributed by atoms with Gasteiger partial charge in [0.25, 0.3) is 10.0 Å². The minimum absolute atomic E-state index is 0.248. The summed E-state index contributed by atoms with van der Waals surface area (Å²) in [6.07, 6.45) is 3.51. The van der Waals surface area contributed by atoms with Crippen molar-refractivity contribution >= 4 is 21.5 Å². The second-order valence-corrected chi connectivity index (χ2v) is 9.51. The second kappa shape index (κ2) is 8.97. The molecule has 29 heavy (non-hydrogen) atoms. The third-order valence-corrected chi connectivity index (χ3v) is 6.65. The Kier molecular flexibility index (Phi) is 6.59. The molecule has 1 aliphatic heterocycles. The summed E-state index contributed by atoms with van der Waals surface area (Å²) in [5.74, 6) is 1.22. The van der Waals surface area contributed by atoms with E-state index in [1.807, 2.05) is 24.3 Å². The van der Waals surface area contributed by atoms with E-state index in [-0.39, 0.29) is 4.90 Å². The largest absolute Gasteiger partial charge is 0.351 e. The predicted molar refractivity (Wildman–Crippen MR) is 119 cm³/mol. The van der Waals surface area contributed by atoms with Crippen LogP contribution in [0.3, 0.4) is 0 Å². The van der Waals surface area contributed by atoms with E-state index >= 15 is 0 Å². The van der Waals surface area contributed by atoms with Gasteiger partial charge in [0.15, 0.2) is 0 Å². The molecule has 6 nitrogen and oxygen atoms in total. The molecular formula is C22H30N4O2S. The number of hydrogen-bond acceptors (Lipinski definition) is 5. The van der Waals surface area contributed by atoms with Crippen LogP contribution in [0.4, 0.5) is 11.5 Å². The third-order valence-electron chi connectivity index (χ3n) is 5.25. The van der Waals surface area contributed by atoms with Crippen LogP contribution in [0.5, 0.6) is 0 Å². The number of benzene rings is 1. The van der Waals surface area contributed by atoms with Crippen LogP contribution in [-0.2, 0) is 10.0 Å². The maximum Gasteiger partial charge on any atom is 0.261 e. The van der Waals surface area contributed by atoms with Crippen LogP contribution in [0.15, 0.2) is 60.1 Å². The first-order valence-electron chi connectivity index (χ1n) is 9.99. The Balaban J connectivity index is 1.68. The van der Waals surface area contributed by atoms with Gasteiger partial charge >= 0.3 is 0 Å². The molecule has 1 N–H and O–H groups in total. The molecule has 1 fully saturated rings. The lowest BCUT2D eigenvalue weighted by atomic mass is 10.0. The highest BCUT2D eigenvalue weighted by Crippen LogP contribution is 2.22. The Morgan fingerprint density at radius 2 is 1.93 bits per heavy atom. The molecule has 156 valence electrons. The molecule has 0 amide bonds. The lowest BCUT2D eigenvalue weighted by molar-refractivity contribution is 0.250. The third kappa shape index (κ3) is 5.16. The molecule has 1 aromatic carbocycles. The maximum atomic E-state index is 12.7. The molecule has 1 atom stereocenters. The van der Waals surface area contributed by atoms with Crippen molar-refractivity contribution in [3.63, 3.8) is 0 Å². The average molecular weight is 415 g/mol. The quantitative estimate of drug-likeness (QED) is 0.700. The molecule has 7 heteroatoms. The van der Waals surface area contributed by atoms with Crippen LogP contribution in [0, 0.1) is 0 Å². The zero-order valence-electron chi connectivity index (χ0n) is 17.4. The summed E-state index contributed by atoms with van der Waals surface area (Å²) in [5.41, 5.74) is 1.57. The summed E-state index contributed by atoms with van der Waals surface area (Å²) in [6.45, 7) is 13.8. The van der Waals surface area contributed by atoms with Gasteiger partial charge in [-0.2, -0.15) is 0 Å². The van der Waals surface area contributed by atoms with Gasteiger partial charge in [-0.25, -0.2) is 13.4 Å². The summed E-state index contributed by atoms with van der Waals surface area (Å²) in [4.78, 5) is 9.36. The van der Waals surface area contributed by atoms with Crippen LogP contribution in [0.1, 0.15) is 32.3 Å². The van der Waals surface area contributed by atoms with Crippen molar-refractivity contribution in [3.05, 3.63) is 60.8 Å². The van der Waals surface area contributed by atoms with Crippen molar-refractivity contribution < 1.29 is 8.42 Å². The van der Waals surface area contributed by atoms with E-state index in [1.54, 1.807) is 24.4 Å². The minimum Gasteiger partial charge on any atom is -0.351 e. The molecular weight excluding hydrogens is 384 g/mol. The first-order chi connectivity index (χ1) is 13.8. The van der Waals surface area contributed by atoms with E-state index in [1.165, 1.54) is 0 Å². The van der Waals surface area contributed by atoms with Gasteiger partial charge in [0.2, 0.25) is 0 Å². The van der Waals surface area contributed by atoms with E-state index in [0.29, 0.717) is 17.6 Å². The fraction of sp³-hybridized carbons (Fsp3) is 0.409. The van der Waals surface area contributed by atoms with Crippen LogP contribution >= 0.6 is 0 Å². The van der Waals surface area contributed by atoms with Gasteiger partial charge in [-0.05, 0) is 42.7 Å². The first-order valence-corrected chi connectivity index (χ1v) is 11.5. The van der Waals surface area contributed by atoms with E-state index in [4.69, 9.17) is 0 Å². The second-order valence-electron chi connectivity index (χ2n) is 7.82. The van der Waals surface area contributed by atoms with Gasteiger partial charge in [0.1, 0.15) is 5.82 Å². The molecule has 1 unspecified atom stereocenters. The Labute approximate surface area is 174 Å². The molecule has 1 aromatic heterocycles. The Bertz CT molecular complexity index is 924. The Morgan fingerprint density at radius 1 is 1.21 bits per heavy atom. The zero-order valence-corrected chi connectivity index (χ0v) is 18.2. The fourth-order valence-electron chi connectivity index (χ4n) is 3.58. The van der Waals surface area contributed by atoms with Crippen molar-refractivity contribution in [2.75, 3.05) is 35.8 Å². The predicted octanol–water partition coefficient (Wildman–Crippen LogP) is 3.70. The normalized spacial score (nSPS) is 18.1. The molecule has 1 saturated heterocycles. The zero-order chi connectivity index (χ0) is 21.0. The van der Waals surface area contributed by atoms with E-state index in [0.717, 1.165) is 37.6 Å². The fourth-order valence-corrected chi connectivity index (χ4v) is 4.63. The molecule has 0 bridgehead atoms. The molecule has 1 aliphatic rings. The minimum atomic E-state index is -3.64. The van der Waals surface area contributed by atoms with Crippen molar-refractivity contribution in [1.82, 2.24) is 9.88 Å². The SMILES string of the molecule is C=CCN1CCN(c2ccc(NS(=O)(=O)c3ccc(C(C)C)cc3)cn2)C(C)C1. The maximum absolute atomic E-state index is 12.7. The number of aromatic nitrogens is 1. The molecule has 0 saturated carbocycles. The summed E-state index contributed by atoms with van der Waals surface area (Å²) < 4.78 is 27.9. The highest BCUT2D eigenvalue weighted by atomic mass is 32.2. The van der Waals surface area contributed by atoms with Crippen molar-refractivity contribution in [1.29, 1.82) is 0 Å². The molecule has 0 radical (unpaired) electrons. The number of anilines is 2. The number of sulfonamides is 1. The molecule has 2 aromatic rings. The Hall–Kier alpha value is -2.38. The van der Waals surface area contributed by atoms with E-state index < -0.39 is 10.0 Å². The van der Waals surface area contributed by atoms with Crippen molar-refractivity contribution in [2.24, 2.45) is 0 Å². The topological polar surface area (TPSA) is 65.5 Å². The van der Waals surface area contributed by atoms with Gasteiger partial charge < -0.3 is 4.90 Å². The number of nitrogens with zero attached hydrogens (tertiary/aromatic N) is 3. The van der Waals surface area contributed by atoms with Crippen LogP contribution < -0.4 is 9.62 Å². The number of pyridine rings is 1. The van der Waals surface area contributed by atoms with Crippen molar-refractivity contribution in [2.45, 2.75) is 37.6 Å². The van der Waals surface area contributed by atoms with Gasteiger partial charge in [0.05, 0.1) is 16.8 Å². The van der Waals surface area contributed by atoms with Crippen LogP contribution in [-0.4, -0.2) is 50.5 Å². The van der Waals surface area contributed by atoms with Gasteiger partial charge in [-0.1, -0.05) is 32.1 Å². The molecule has 3 rings (SSSR count). The molecule has 2 heterocycles. The smallest absolute Gasteiger partial charge is 0.261 e. The molecule has 0 spiro atoms. The first kappa shape index (κ1) is 21.3. The van der Waals surface area contributed by atoms with Gasteiger partial charge in [-0.3, -0.25) is 9.62 Å². The Morgan fingerprint density at radius 3 is 2.48 bits per heavy atom. The standard InChI is InChI=1S/C22H30N4O2S/c1-5-12-25-13-14-26(18(4)16-25)22-11-8-20(15-23-22)24-29(27,28)21-9-6-19(7-10-21)17(2)3/h5-11,15,17-18,24H,1,12-14,16H2,2-4H3. The highest BCUT2D eigenvalue weighted by molar-refractivity contribution is 7.92. The lowest BCUT2D eigenvalue weighted by Crippen LogP contribution is -2.52. The van der Waals surface area contributed by atoms with Crippen LogP contribution in [0.2, 0.25) is 0 Å². The number of hydrogen-bond donors (Lipinski definition) is 1. The highest BCUT2D eigenvalue weighted by Gasteiger charge is 2.24. The number of rotatable bonds is 7. The summed E-state index contributed by atoms with van der Waals surface area (Å²) in [7, 11) is -3.64. The van der Waals surface area contributed by atoms with Gasteiger partial charge in [-0.15, -0.1) is 6.58 Å². The van der Waals surface area contributed by atoms with Gasteiger partial charge in [0, 0.05) is 32.2 Å². The van der Waals surface area contributed by atoms with E-state index in [9.17, 15) is 8.42 Å². The summed E-state index contributed by atoms with van der Waals surface area (Å²) >= 11 is 0. The molecule has 0 aliphatic carbocycles. The average Bonchev–Trinajstić information content (AvgIpc) is 2.69. The number of nitrogens with one attached hydrogen (secondary N) is 1. The monoisotopic (exact) mass is 414 g/mol.